The van der Waals surface area contributed by atoms with Crippen LogP contribution in [0.4, 0.5) is 0 Å². The Kier molecular flexibility index (Phi) is 8.24. The maximum atomic E-state index is 5.42. The summed E-state index contributed by atoms with van der Waals surface area (Å²) in [4.78, 5) is 6.62. The van der Waals surface area contributed by atoms with E-state index in [1.807, 2.05) is 0 Å². The number of aliphatic imine (C=N–C) groups is 1. The smallest absolute Gasteiger partial charge is 0.186 e. The molecule has 0 bridgehead atoms. The van der Waals surface area contributed by atoms with Crippen molar-refractivity contribution in [1.82, 2.24) is 10.2 Å². The Morgan fingerprint density at radius 2 is 1.88 bits per heavy atom. The summed E-state index contributed by atoms with van der Waals surface area (Å²) in [5.74, 6) is 2.49. The number of nitrogens with zero attached hydrogens (tertiary/aromatic N) is 2. The van der Waals surface area contributed by atoms with Crippen LogP contribution in [0.2, 0.25) is 0 Å². The van der Waals surface area contributed by atoms with Gasteiger partial charge in [-0.1, -0.05) is 24.3 Å². The zero-order valence-corrected chi connectivity index (χ0v) is 15.9. The Morgan fingerprint density at radius 1 is 1.17 bits per heavy atom. The standard InChI is InChI=1S/C17H29N5S2/c18-17(19)21-10-14-3-1-2-13(8-14)9-15-11-20-12-16(15)22(4-6-23)5-7-24/h1-3,8,15-16,20,23-24H,4-7,9-12H2,(H4,18,19,21)/t15-,16+/m1/s1. The van der Waals surface area contributed by atoms with E-state index in [4.69, 9.17) is 11.5 Å². The first-order valence-electron chi connectivity index (χ1n) is 8.43. The van der Waals surface area contributed by atoms with Crippen LogP contribution in [-0.2, 0) is 13.0 Å². The van der Waals surface area contributed by atoms with E-state index in [-0.39, 0.29) is 5.96 Å². The Labute approximate surface area is 156 Å². The third-order valence-corrected chi connectivity index (χ3v) is 4.88. The van der Waals surface area contributed by atoms with Crippen molar-refractivity contribution in [3.63, 3.8) is 0 Å². The van der Waals surface area contributed by atoms with Crippen molar-refractivity contribution in [3.05, 3.63) is 35.4 Å². The van der Waals surface area contributed by atoms with Gasteiger partial charge < -0.3 is 16.8 Å². The fourth-order valence-corrected chi connectivity index (χ4v) is 3.91. The van der Waals surface area contributed by atoms with Gasteiger partial charge in [-0.15, -0.1) is 0 Å². The minimum absolute atomic E-state index is 0.134. The number of guanidine groups is 1. The van der Waals surface area contributed by atoms with Gasteiger partial charge in [0.15, 0.2) is 5.96 Å². The first-order valence-corrected chi connectivity index (χ1v) is 9.70. The van der Waals surface area contributed by atoms with Crippen LogP contribution in [0.3, 0.4) is 0 Å². The van der Waals surface area contributed by atoms with Gasteiger partial charge in [0.25, 0.3) is 0 Å². The molecule has 1 heterocycles. The van der Waals surface area contributed by atoms with Crippen molar-refractivity contribution in [2.24, 2.45) is 22.4 Å². The molecule has 24 heavy (non-hydrogen) atoms. The van der Waals surface area contributed by atoms with Gasteiger partial charge in [-0.2, -0.15) is 25.3 Å². The summed E-state index contributed by atoms with van der Waals surface area (Å²) >= 11 is 8.82. The Hall–Kier alpha value is -0.890. The van der Waals surface area contributed by atoms with Crippen LogP contribution in [0, 0.1) is 5.92 Å². The lowest BCUT2D eigenvalue weighted by Crippen LogP contribution is -2.43. The van der Waals surface area contributed by atoms with Crippen molar-refractivity contribution in [2.75, 3.05) is 37.7 Å². The first-order chi connectivity index (χ1) is 11.6. The quantitative estimate of drug-likeness (QED) is 0.254. The lowest BCUT2D eigenvalue weighted by molar-refractivity contribution is 0.192. The maximum Gasteiger partial charge on any atom is 0.186 e. The average molecular weight is 368 g/mol. The SMILES string of the molecule is NC(N)=NCc1cccc(C[C@@H]2CNC[C@@H]2N(CCS)CCS)c1. The first kappa shape index (κ1) is 19.4. The summed E-state index contributed by atoms with van der Waals surface area (Å²) < 4.78 is 0. The topological polar surface area (TPSA) is 79.7 Å². The van der Waals surface area contributed by atoms with Crippen LogP contribution < -0.4 is 16.8 Å². The second-order valence-electron chi connectivity index (χ2n) is 6.23. The van der Waals surface area contributed by atoms with E-state index in [2.05, 4.69) is 64.7 Å². The van der Waals surface area contributed by atoms with Gasteiger partial charge >= 0.3 is 0 Å². The minimum Gasteiger partial charge on any atom is -0.370 e. The molecule has 1 aliphatic heterocycles. The summed E-state index contributed by atoms with van der Waals surface area (Å²) in [7, 11) is 0. The molecular formula is C17H29N5S2. The molecule has 0 saturated carbocycles. The number of hydrogen-bond acceptors (Lipinski definition) is 5. The second kappa shape index (κ2) is 10.2. The number of thiol groups is 2. The third-order valence-electron chi connectivity index (χ3n) is 4.48. The van der Waals surface area contributed by atoms with E-state index < -0.39 is 0 Å². The van der Waals surface area contributed by atoms with Gasteiger partial charge in [0.05, 0.1) is 6.54 Å². The molecule has 1 aromatic carbocycles. The van der Waals surface area contributed by atoms with E-state index in [0.29, 0.717) is 18.5 Å². The highest BCUT2D eigenvalue weighted by atomic mass is 32.1. The fraction of sp³-hybridized carbons (Fsp3) is 0.588. The normalized spacial score (nSPS) is 20.5. The summed E-state index contributed by atoms with van der Waals surface area (Å²) in [6.07, 6.45) is 1.06. The van der Waals surface area contributed by atoms with Gasteiger partial charge in [0.2, 0.25) is 0 Å². The summed E-state index contributed by atoms with van der Waals surface area (Å²) in [6.45, 7) is 4.65. The zero-order valence-electron chi connectivity index (χ0n) is 14.1. The molecule has 134 valence electrons. The molecule has 0 spiro atoms. The van der Waals surface area contributed by atoms with Crippen molar-refractivity contribution < 1.29 is 0 Å². The van der Waals surface area contributed by atoms with Crippen molar-refractivity contribution >= 4 is 31.2 Å². The predicted molar refractivity (Wildman–Crippen MR) is 109 cm³/mol. The van der Waals surface area contributed by atoms with Crippen LogP contribution >= 0.6 is 25.3 Å². The van der Waals surface area contributed by atoms with Crippen LogP contribution in [0.15, 0.2) is 29.3 Å². The Balaban J connectivity index is 2.03. The van der Waals surface area contributed by atoms with Crippen LogP contribution in [-0.4, -0.2) is 54.6 Å². The van der Waals surface area contributed by atoms with Gasteiger partial charge in [0.1, 0.15) is 0 Å². The number of nitrogens with two attached hydrogens (primary N) is 2. The molecule has 5 nitrogen and oxygen atoms in total. The Bertz CT molecular complexity index is 527. The van der Waals surface area contributed by atoms with Crippen molar-refractivity contribution in [2.45, 2.75) is 19.0 Å². The predicted octanol–water partition coefficient (Wildman–Crippen LogP) is 0.752. The molecule has 0 unspecified atom stereocenters. The summed E-state index contributed by atoms with van der Waals surface area (Å²) in [6, 6.07) is 9.10. The number of benzene rings is 1. The maximum absolute atomic E-state index is 5.42. The number of nitrogens with one attached hydrogen (secondary N) is 1. The Morgan fingerprint density at radius 3 is 2.54 bits per heavy atom. The molecular weight excluding hydrogens is 338 g/mol. The molecule has 1 fully saturated rings. The molecule has 1 aliphatic rings. The second-order valence-corrected chi connectivity index (χ2v) is 7.13. The summed E-state index contributed by atoms with van der Waals surface area (Å²) in [5, 5.41) is 3.55. The number of rotatable bonds is 9. The molecule has 0 aromatic heterocycles. The molecule has 0 amide bonds. The van der Waals surface area contributed by atoms with Crippen LogP contribution in [0.1, 0.15) is 11.1 Å². The highest BCUT2D eigenvalue weighted by Crippen LogP contribution is 2.21. The molecule has 0 aliphatic carbocycles. The van der Waals surface area contributed by atoms with E-state index >= 15 is 0 Å². The van der Waals surface area contributed by atoms with Gasteiger partial charge in [-0.05, 0) is 30.0 Å². The molecule has 2 rings (SSSR count). The molecule has 5 N–H and O–H groups in total. The summed E-state index contributed by atoms with van der Waals surface area (Å²) in [5.41, 5.74) is 13.3. The molecule has 0 radical (unpaired) electrons. The highest BCUT2D eigenvalue weighted by molar-refractivity contribution is 7.80. The van der Waals surface area contributed by atoms with E-state index in [1.54, 1.807) is 0 Å². The van der Waals surface area contributed by atoms with Gasteiger partial charge in [-0.3, -0.25) is 4.90 Å². The monoisotopic (exact) mass is 367 g/mol. The lowest BCUT2D eigenvalue weighted by Gasteiger charge is -2.31. The van der Waals surface area contributed by atoms with E-state index in [9.17, 15) is 0 Å². The average Bonchev–Trinajstić information content (AvgIpc) is 3.01. The van der Waals surface area contributed by atoms with Crippen molar-refractivity contribution in [1.29, 1.82) is 0 Å². The van der Waals surface area contributed by atoms with E-state index in [0.717, 1.165) is 49.7 Å². The highest BCUT2D eigenvalue weighted by Gasteiger charge is 2.31. The lowest BCUT2D eigenvalue weighted by atomic mass is 9.93. The fourth-order valence-electron chi connectivity index (χ4n) is 3.40. The number of hydrogen-bond donors (Lipinski definition) is 5. The van der Waals surface area contributed by atoms with Gasteiger partial charge in [0, 0.05) is 37.2 Å². The minimum atomic E-state index is 0.134. The third kappa shape index (κ3) is 5.88. The molecule has 1 saturated heterocycles. The molecule has 2 atom stereocenters. The zero-order chi connectivity index (χ0) is 17.4. The van der Waals surface area contributed by atoms with Gasteiger partial charge in [-0.25, -0.2) is 4.99 Å². The van der Waals surface area contributed by atoms with Crippen LogP contribution in [0.5, 0.6) is 0 Å². The van der Waals surface area contributed by atoms with Crippen molar-refractivity contribution in [3.8, 4) is 0 Å². The molecule has 1 aromatic rings. The van der Waals surface area contributed by atoms with Crippen LogP contribution in [0.25, 0.3) is 0 Å². The largest absolute Gasteiger partial charge is 0.370 e. The van der Waals surface area contributed by atoms with E-state index in [1.165, 1.54) is 5.56 Å². The molecule has 7 heteroatoms.